The lowest BCUT2D eigenvalue weighted by Crippen LogP contribution is -2.47. The lowest BCUT2D eigenvalue weighted by atomic mass is 9.78. The van der Waals surface area contributed by atoms with Gasteiger partial charge in [0.25, 0.3) is 0 Å². The molecule has 1 fully saturated rings. The average molecular weight is 508 g/mol. The number of aliphatic hydroxyl groups excluding tert-OH is 1. The number of allylic oxidation sites excluding steroid dienone is 1. The standard InChI is InChI=1S/C28H37N5O4/c1-5-20(34)16-33(4)28(35)30-24-11-7-8-21-22(24)9-6-10-23(21)26-31-27(37-32-26)18-12-13-25(36-17(2)3)19(14-18)15-29/h9,12-14,17,20,24,27,34H,5-8,10-11,16H2,1-4H3,(H,30,35)(H,31,32). The van der Waals surface area contributed by atoms with Crippen molar-refractivity contribution in [2.45, 2.75) is 83.8 Å². The number of nitriles is 1. The number of nitrogens with zero attached hydrogens (tertiary/aromatic N) is 3. The molecule has 1 aliphatic heterocycles. The van der Waals surface area contributed by atoms with Crippen LogP contribution in [0.4, 0.5) is 4.79 Å². The Bertz CT molecular complexity index is 1150. The van der Waals surface area contributed by atoms with Gasteiger partial charge in [0.1, 0.15) is 11.8 Å². The van der Waals surface area contributed by atoms with E-state index in [1.54, 1.807) is 24.1 Å². The van der Waals surface area contributed by atoms with Crippen molar-refractivity contribution in [2.75, 3.05) is 13.6 Å². The number of nitrogens with one attached hydrogen (secondary N) is 2. The van der Waals surface area contributed by atoms with Crippen LogP contribution in [0.5, 0.6) is 5.75 Å². The van der Waals surface area contributed by atoms with Crippen molar-refractivity contribution >= 4 is 11.9 Å². The van der Waals surface area contributed by atoms with Gasteiger partial charge in [-0.1, -0.05) is 19.1 Å². The number of carbonyl (C=O) groups excluding carboxylic acids is 1. The van der Waals surface area contributed by atoms with Crippen LogP contribution in [0.3, 0.4) is 0 Å². The first-order valence-electron chi connectivity index (χ1n) is 13.1. The highest BCUT2D eigenvalue weighted by Gasteiger charge is 2.32. The van der Waals surface area contributed by atoms with Gasteiger partial charge in [-0.05, 0) is 75.7 Å². The molecule has 198 valence electrons. The molecule has 4 rings (SSSR count). The van der Waals surface area contributed by atoms with Crippen molar-refractivity contribution in [3.05, 3.63) is 52.1 Å². The molecule has 1 heterocycles. The molecule has 0 spiro atoms. The summed E-state index contributed by atoms with van der Waals surface area (Å²) in [6.07, 6.45) is 6.17. The number of aliphatic imine (C=N–C) groups is 1. The topological polar surface area (TPSA) is 119 Å². The first-order chi connectivity index (χ1) is 17.8. The Kier molecular flexibility index (Phi) is 8.52. The Hall–Kier alpha value is -3.35. The molecule has 9 heteroatoms. The number of rotatable bonds is 8. The Morgan fingerprint density at radius 2 is 2.19 bits per heavy atom. The van der Waals surface area contributed by atoms with Crippen molar-refractivity contribution in [2.24, 2.45) is 4.99 Å². The molecule has 3 unspecified atom stereocenters. The molecule has 2 amide bonds. The normalized spacial score (nSPS) is 21.9. The number of amidine groups is 1. The van der Waals surface area contributed by atoms with Gasteiger partial charge in [0.05, 0.1) is 23.8 Å². The molecule has 3 N–H and O–H groups in total. The van der Waals surface area contributed by atoms with Crippen LogP contribution in [0.1, 0.15) is 76.7 Å². The molecule has 3 aliphatic rings. The van der Waals surface area contributed by atoms with Gasteiger partial charge in [-0.2, -0.15) is 5.26 Å². The van der Waals surface area contributed by atoms with Gasteiger partial charge in [-0.15, -0.1) is 0 Å². The maximum atomic E-state index is 12.8. The average Bonchev–Trinajstić information content (AvgIpc) is 3.38. The third-order valence-corrected chi connectivity index (χ3v) is 6.94. The SMILES string of the molecule is CCC(O)CN(C)C(=O)NC1CCCC2=C(C3=NC(c4ccc(OC(C)C)c(C#N)c4)ON3)CCC=C21. The van der Waals surface area contributed by atoms with Gasteiger partial charge in [-0.25, -0.2) is 20.1 Å². The largest absolute Gasteiger partial charge is 0.490 e. The quantitative estimate of drug-likeness (QED) is 0.484. The minimum Gasteiger partial charge on any atom is -0.490 e. The van der Waals surface area contributed by atoms with E-state index in [1.165, 1.54) is 5.57 Å². The number of hydrogen-bond donors (Lipinski definition) is 3. The molecule has 0 aromatic heterocycles. The van der Waals surface area contributed by atoms with E-state index in [2.05, 4.69) is 22.9 Å². The fraction of sp³-hybridized carbons (Fsp3) is 0.536. The number of hydroxylamine groups is 1. The van der Waals surface area contributed by atoms with Crippen LogP contribution < -0.4 is 15.5 Å². The summed E-state index contributed by atoms with van der Waals surface area (Å²) < 4.78 is 5.73. The maximum Gasteiger partial charge on any atom is 0.317 e. The van der Waals surface area contributed by atoms with Crippen LogP contribution in [0, 0.1) is 11.3 Å². The van der Waals surface area contributed by atoms with E-state index in [1.807, 2.05) is 26.8 Å². The molecule has 3 atom stereocenters. The minimum atomic E-state index is -0.560. The summed E-state index contributed by atoms with van der Waals surface area (Å²) >= 11 is 0. The Morgan fingerprint density at radius 3 is 2.92 bits per heavy atom. The Morgan fingerprint density at radius 1 is 1.38 bits per heavy atom. The maximum absolute atomic E-state index is 12.8. The lowest BCUT2D eigenvalue weighted by molar-refractivity contribution is 0.0375. The predicted molar refractivity (Wildman–Crippen MR) is 141 cm³/mol. The second-order valence-corrected chi connectivity index (χ2v) is 10.1. The number of aliphatic hydroxyl groups is 1. The summed E-state index contributed by atoms with van der Waals surface area (Å²) in [4.78, 5) is 25.0. The smallest absolute Gasteiger partial charge is 0.317 e. The molecule has 1 saturated carbocycles. The zero-order chi connectivity index (χ0) is 26.5. The van der Waals surface area contributed by atoms with Crippen molar-refractivity contribution in [3.8, 4) is 11.8 Å². The van der Waals surface area contributed by atoms with Crippen LogP contribution in [-0.2, 0) is 4.84 Å². The number of carbonyl (C=O) groups is 1. The summed E-state index contributed by atoms with van der Waals surface area (Å²) in [5.41, 5.74) is 7.74. The van der Waals surface area contributed by atoms with Gasteiger partial charge in [0.15, 0.2) is 5.84 Å². The Balaban J connectivity index is 1.51. The summed E-state index contributed by atoms with van der Waals surface area (Å²) in [5.74, 6) is 1.26. The molecule has 0 radical (unpaired) electrons. The number of benzene rings is 1. The minimum absolute atomic E-state index is 0.0265. The summed E-state index contributed by atoms with van der Waals surface area (Å²) in [6.45, 7) is 6.05. The van der Waals surface area contributed by atoms with Crippen LogP contribution in [0.15, 0.2) is 46.0 Å². The van der Waals surface area contributed by atoms with Gasteiger partial charge >= 0.3 is 6.03 Å². The van der Waals surface area contributed by atoms with Crippen molar-refractivity contribution in [1.82, 2.24) is 15.7 Å². The van der Waals surface area contributed by atoms with E-state index < -0.39 is 12.3 Å². The molecule has 1 aromatic rings. The van der Waals surface area contributed by atoms with Crippen LogP contribution in [-0.4, -0.2) is 53.7 Å². The number of fused-ring (bicyclic) bond motifs is 1. The monoisotopic (exact) mass is 507 g/mol. The van der Waals surface area contributed by atoms with Gasteiger partial charge in [0.2, 0.25) is 6.23 Å². The molecule has 0 saturated heterocycles. The summed E-state index contributed by atoms with van der Waals surface area (Å²) in [5, 5.41) is 22.7. The zero-order valence-electron chi connectivity index (χ0n) is 22.1. The highest BCUT2D eigenvalue weighted by Crippen LogP contribution is 2.38. The molecule has 2 aliphatic carbocycles. The first-order valence-corrected chi connectivity index (χ1v) is 13.1. The van der Waals surface area contributed by atoms with Gasteiger partial charge in [-0.3, -0.25) is 0 Å². The highest BCUT2D eigenvalue weighted by atomic mass is 16.7. The first kappa shape index (κ1) is 26.7. The van der Waals surface area contributed by atoms with Gasteiger partial charge in [0, 0.05) is 24.7 Å². The summed E-state index contributed by atoms with van der Waals surface area (Å²) in [7, 11) is 1.71. The van der Waals surface area contributed by atoms with Crippen molar-refractivity contribution < 1.29 is 19.5 Å². The fourth-order valence-corrected chi connectivity index (χ4v) is 5.01. The van der Waals surface area contributed by atoms with E-state index >= 15 is 0 Å². The molecule has 1 aromatic carbocycles. The third-order valence-electron chi connectivity index (χ3n) is 6.94. The fourth-order valence-electron chi connectivity index (χ4n) is 5.01. The second-order valence-electron chi connectivity index (χ2n) is 10.1. The van der Waals surface area contributed by atoms with E-state index in [-0.39, 0.29) is 18.2 Å². The van der Waals surface area contributed by atoms with E-state index in [9.17, 15) is 15.2 Å². The van der Waals surface area contributed by atoms with Gasteiger partial charge < -0.3 is 20.1 Å². The number of ether oxygens (including phenoxy) is 1. The second kappa shape index (κ2) is 11.8. The van der Waals surface area contributed by atoms with E-state index in [0.29, 0.717) is 30.1 Å². The lowest BCUT2D eigenvalue weighted by Gasteiger charge is -2.34. The molecule has 9 nitrogen and oxygen atoms in total. The Labute approximate surface area is 218 Å². The number of urea groups is 1. The zero-order valence-corrected chi connectivity index (χ0v) is 22.1. The predicted octanol–water partition coefficient (Wildman–Crippen LogP) is 4.26. The third kappa shape index (κ3) is 6.14. The number of amides is 2. The van der Waals surface area contributed by atoms with E-state index in [0.717, 1.165) is 48.8 Å². The number of likely N-dealkylation sites (N-methyl/N-ethyl adjacent to an activating group) is 1. The van der Waals surface area contributed by atoms with E-state index in [4.69, 9.17) is 14.6 Å². The number of hydrogen-bond acceptors (Lipinski definition) is 7. The van der Waals surface area contributed by atoms with Crippen LogP contribution in [0.25, 0.3) is 0 Å². The molecular formula is C28H37N5O4. The van der Waals surface area contributed by atoms with Crippen molar-refractivity contribution in [3.63, 3.8) is 0 Å². The molecule has 0 bridgehead atoms. The molecular weight excluding hydrogens is 470 g/mol. The summed E-state index contributed by atoms with van der Waals surface area (Å²) in [6, 6.07) is 7.38. The highest BCUT2D eigenvalue weighted by molar-refractivity contribution is 6.00. The van der Waals surface area contributed by atoms with Crippen LogP contribution in [0.2, 0.25) is 0 Å². The molecule has 37 heavy (non-hydrogen) atoms. The van der Waals surface area contributed by atoms with Crippen LogP contribution >= 0.6 is 0 Å². The van der Waals surface area contributed by atoms with Crippen molar-refractivity contribution in [1.29, 1.82) is 5.26 Å².